The lowest BCUT2D eigenvalue weighted by molar-refractivity contribution is 0.291. The normalized spacial score (nSPS) is 10.0. The smallest absolute Gasteiger partial charge is 0.0225 e. The maximum absolute atomic E-state index is 2.41. The number of hydrogen-bond donors (Lipinski definition) is 0. The van der Waals surface area contributed by atoms with Crippen LogP contribution in [0.3, 0.4) is 0 Å². The molecule has 0 fully saturated rings. The Morgan fingerprint density at radius 1 is 0.698 bits per heavy atom. The average Bonchev–Trinajstić information content (AvgIpc) is 2.90. The Balaban J connectivity index is -0.000000118. The largest absolute Gasteiger partial charge is 0.0776 e. The Morgan fingerprint density at radius 3 is 1.72 bits per heavy atom. The molecule has 0 atom stereocenters. The molecule has 0 saturated heterocycles. The Bertz CT molecular complexity index is 833. The highest BCUT2D eigenvalue weighted by Crippen LogP contribution is 2.29. The van der Waals surface area contributed by atoms with Crippen LogP contribution >= 0.6 is 0 Å². The van der Waals surface area contributed by atoms with Gasteiger partial charge in [-0.2, -0.15) is 0 Å². The molecule has 0 N–H and O–H groups in total. The number of unbranched alkanes of at least 4 members (excludes halogenated alkanes) is 3. The maximum atomic E-state index is 2.41. The molecule has 0 nitrogen and oxygen atoms in total. The van der Waals surface area contributed by atoms with E-state index in [1.165, 1.54) is 98.5 Å². The van der Waals surface area contributed by atoms with Crippen molar-refractivity contribution in [2.24, 2.45) is 11.3 Å². The van der Waals surface area contributed by atoms with Crippen LogP contribution in [-0.2, 0) is 0 Å². The van der Waals surface area contributed by atoms with Crippen molar-refractivity contribution in [1.82, 2.24) is 0 Å². The molecule has 0 amide bonds. The van der Waals surface area contributed by atoms with E-state index in [0.717, 1.165) is 5.92 Å². The van der Waals surface area contributed by atoms with Gasteiger partial charge in [-0.25, -0.2) is 0 Å². The zero-order chi connectivity index (χ0) is 30.1. The molecule has 0 aliphatic heterocycles. The van der Waals surface area contributed by atoms with E-state index in [1.807, 2.05) is 13.8 Å². The van der Waals surface area contributed by atoms with E-state index in [1.54, 1.807) is 0 Å². The molecule has 2 aromatic rings. The van der Waals surface area contributed by atoms with Crippen LogP contribution in [0.25, 0.3) is 11.6 Å². The van der Waals surface area contributed by atoms with Crippen LogP contribution in [0.1, 0.15) is 192 Å². The molecule has 0 aromatic heterocycles. The van der Waals surface area contributed by atoms with Crippen molar-refractivity contribution < 1.29 is 0 Å². The van der Waals surface area contributed by atoms with Crippen molar-refractivity contribution in [1.29, 1.82) is 0 Å². The number of benzene rings is 2. The minimum Gasteiger partial charge on any atom is -0.0776 e. The molecule has 2 aromatic carbocycles. The highest BCUT2D eigenvalue weighted by molar-refractivity contribution is 5.81. The monoisotopic (exact) mass is 601 g/mol. The Labute approximate surface area is 276 Å². The Kier molecular flexibility index (Phi) is 43.3. The summed E-state index contributed by atoms with van der Waals surface area (Å²) in [5.74, 6) is 0.963. The molecule has 0 radical (unpaired) electrons. The van der Waals surface area contributed by atoms with Gasteiger partial charge in [0.25, 0.3) is 0 Å². The summed E-state index contributed by atoms with van der Waals surface area (Å²) < 4.78 is 0. The molecule has 2 rings (SSSR count). The molecular formula is C43H84. The van der Waals surface area contributed by atoms with Gasteiger partial charge in [0.15, 0.2) is 0 Å². The summed E-state index contributed by atoms with van der Waals surface area (Å²) in [4.78, 5) is 0. The van der Waals surface area contributed by atoms with Crippen molar-refractivity contribution in [2.75, 3.05) is 0 Å². The van der Waals surface area contributed by atoms with Gasteiger partial charge in [-0.15, -0.1) is 0 Å². The third kappa shape index (κ3) is 30.0. The van der Waals surface area contributed by atoms with E-state index in [-0.39, 0.29) is 29.7 Å². The number of hydrogen-bond acceptors (Lipinski definition) is 0. The lowest BCUT2D eigenvalue weighted by Crippen LogP contribution is -2.10. The molecule has 0 heteroatoms. The molecule has 0 spiro atoms. The highest BCUT2D eigenvalue weighted by atomic mass is 14.2. The molecule has 0 bridgehead atoms. The van der Waals surface area contributed by atoms with Crippen molar-refractivity contribution >= 4 is 11.6 Å². The van der Waals surface area contributed by atoms with E-state index in [2.05, 4.69) is 124 Å². The summed E-state index contributed by atoms with van der Waals surface area (Å²) in [6.07, 6.45) is 17.6. The zero-order valence-electron chi connectivity index (χ0n) is 28.6. The first-order valence-electron chi connectivity index (χ1n) is 16.4. The van der Waals surface area contributed by atoms with E-state index < -0.39 is 0 Å². The zero-order valence-corrected chi connectivity index (χ0v) is 28.6. The predicted molar refractivity (Wildman–Crippen MR) is 211 cm³/mol. The summed E-state index contributed by atoms with van der Waals surface area (Å²) in [5.41, 5.74) is 7.13. The number of allylic oxidation sites excluding steroid dienone is 1. The molecule has 256 valence electrons. The van der Waals surface area contributed by atoms with Gasteiger partial charge in [0, 0.05) is 0 Å². The summed E-state index contributed by atoms with van der Waals surface area (Å²) >= 11 is 0. The van der Waals surface area contributed by atoms with Gasteiger partial charge in [0.1, 0.15) is 0 Å². The molecule has 43 heavy (non-hydrogen) atoms. The standard InChI is InChI=1S/C17H18.C12H26.C8H18.C2H6.4CH4/c1-13-7-6-10-16(11-13)15(3)12-17-9-5-4-8-14(17)2;1-5-7-8-9-11-12(3,4)10-6-2;1-4-6-8(3)7-5-2;1-2;;;;/h4-12H,1-3H3;5-11H2,1-4H3;8H,4-7H2,1-3H3;1-2H3;4*1H4/b15-12+;;;;;;;. The van der Waals surface area contributed by atoms with Gasteiger partial charge in [-0.05, 0) is 67.2 Å². The van der Waals surface area contributed by atoms with E-state index in [4.69, 9.17) is 0 Å². The lowest BCUT2D eigenvalue weighted by Gasteiger charge is -2.23. The fourth-order valence-electron chi connectivity index (χ4n) is 4.92. The third-order valence-electron chi connectivity index (χ3n) is 7.23. The molecule has 0 saturated carbocycles. The van der Waals surface area contributed by atoms with Crippen LogP contribution in [-0.4, -0.2) is 0 Å². The van der Waals surface area contributed by atoms with E-state index in [9.17, 15) is 0 Å². The van der Waals surface area contributed by atoms with Crippen molar-refractivity contribution in [3.8, 4) is 0 Å². The first kappa shape index (κ1) is 53.7. The second kappa shape index (κ2) is 34.7. The van der Waals surface area contributed by atoms with Crippen LogP contribution in [0.5, 0.6) is 0 Å². The summed E-state index contributed by atoms with van der Waals surface area (Å²) in [7, 11) is 0. The van der Waals surface area contributed by atoms with E-state index >= 15 is 0 Å². The summed E-state index contributed by atoms with van der Waals surface area (Å²) in [6.45, 7) is 26.7. The van der Waals surface area contributed by atoms with Gasteiger partial charge >= 0.3 is 0 Å². The molecular weight excluding hydrogens is 516 g/mol. The van der Waals surface area contributed by atoms with Crippen LogP contribution in [0.2, 0.25) is 0 Å². The highest BCUT2D eigenvalue weighted by Gasteiger charge is 2.15. The first-order valence-corrected chi connectivity index (χ1v) is 16.4. The Hall–Kier alpha value is -1.82. The van der Waals surface area contributed by atoms with E-state index in [0.29, 0.717) is 5.41 Å². The molecule has 0 heterocycles. The predicted octanol–water partition coefficient (Wildman–Crippen LogP) is 16.4. The average molecular weight is 601 g/mol. The second-order valence-corrected chi connectivity index (χ2v) is 12.0. The van der Waals surface area contributed by atoms with Crippen molar-refractivity contribution in [3.05, 3.63) is 70.8 Å². The van der Waals surface area contributed by atoms with Crippen LogP contribution < -0.4 is 0 Å². The Morgan fingerprint density at radius 2 is 1.26 bits per heavy atom. The number of aryl methyl sites for hydroxylation is 2. The first-order chi connectivity index (χ1) is 18.6. The fraction of sp³-hybridized carbons (Fsp3) is 0.674. The van der Waals surface area contributed by atoms with Gasteiger partial charge in [0.2, 0.25) is 0 Å². The number of rotatable bonds is 13. The maximum Gasteiger partial charge on any atom is -0.0225 e. The fourth-order valence-corrected chi connectivity index (χ4v) is 4.92. The minimum absolute atomic E-state index is 0. The van der Waals surface area contributed by atoms with Crippen LogP contribution in [0.4, 0.5) is 0 Å². The van der Waals surface area contributed by atoms with Gasteiger partial charge in [0.05, 0.1) is 0 Å². The van der Waals surface area contributed by atoms with Crippen LogP contribution in [0, 0.1) is 25.2 Å². The summed E-state index contributed by atoms with van der Waals surface area (Å²) in [5, 5.41) is 0. The van der Waals surface area contributed by atoms with Gasteiger partial charge in [-0.3, -0.25) is 0 Å². The molecule has 0 aliphatic carbocycles. The van der Waals surface area contributed by atoms with Crippen molar-refractivity contribution in [2.45, 2.75) is 183 Å². The lowest BCUT2D eigenvalue weighted by atomic mass is 9.83. The van der Waals surface area contributed by atoms with Gasteiger partial charge in [-0.1, -0.05) is 210 Å². The third-order valence-corrected chi connectivity index (χ3v) is 7.23. The van der Waals surface area contributed by atoms with Crippen molar-refractivity contribution in [3.63, 3.8) is 0 Å². The van der Waals surface area contributed by atoms with Gasteiger partial charge < -0.3 is 0 Å². The molecule has 0 aliphatic rings. The topological polar surface area (TPSA) is 0 Å². The SMILES string of the molecule is C.C.C.C.C/C(=C\c1ccccc1C)c1cccc(C)c1.CC.CCCC(C)CCC.CCCCCCC(C)(C)CCC. The summed E-state index contributed by atoms with van der Waals surface area (Å²) in [6, 6.07) is 17.1. The molecule has 0 unspecified atom stereocenters. The van der Waals surface area contributed by atoms with Crippen LogP contribution in [0.15, 0.2) is 48.5 Å². The quantitative estimate of drug-likeness (QED) is 0.158. The second-order valence-electron chi connectivity index (χ2n) is 12.0. The minimum atomic E-state index is 0.